The summed E-state index contributed by atoms with van der Waals surface area (Å²) in [6.45, 7) is 0. The Morgan fingerprint density at radius 2 is 1.71 bits per heavy atom. The lowest BCUT2D eigenvalue weighted by Crippen LogP contribution is -2.24. The van der Waals surface area contributed by atoms with Gasteiger partial charge in [-0.05, 0) is 0 Å². The van der Waals surface area contributed by atoms with E-state index < -0.39 is 10.4 Å². The molecule has 0 aromatic carbocycles. The van der Waals surface area contributed by atoms with Crippen LogP contribution in [0, 0.1) is 0 Å². The molecule has 0 aromatic heterocycles. The first-order valence-corrected chi connectivity index (χ1v) is 5.21. The summed E-state index contributed by atoms with van der Waals surface area (Å²) in [4.78, 5) is 1.85. The van der Waals surface area contributed by atoms with Crippen molar-refractivity contribution in [2.24, 2.45) is 0 Å². The highest BCUT2D eigenvalue weighted by molar-refractivity contribution is 7.80. The predicted molar refractivity (Wildman–Crippen MR) is 53.4 cm³/mol. The molecule has 14 heavy (non-hydrogen) atoms. The van der Waals surface area contributed by atoms with E-state index in [4.69, 9.17) is 11.6 Å². The molecule has 0 spiro atoms. The third-order valence-corrected chi connectivity index (χ3v) is 2.03. The van der Waals surface area contributed by atoms with Gasteiger partial charge in [0, 0.05) is 11.6 Å². The first kappa shape index (κ1) is 16.1. The van der Waals surface area contributed by atoms with Crippen LogP contribution in [0.2, 0.25) is 0 Å². The summed E-state index contributed by atoms with van der Waals surface area (Å²) in [6, 6.07) is 0. The molecule has 86 valence electrons. The van der Waals surface area contributed by atoms with Crippen LogP contribution in [0.4, 0.5) is 0 Å². The number of amidine groups is 1. The topological polar surface area (TPSA) is 72.7 Å². The standard InChI is InChI=1S/C5H12ClN2.CH4O4S/c1-7(2)5(6)8(3)4;1-5-6(2,3)4/h1-4H3;1H3,(H,2,3,4)/q+1;/p-1. The van der Waals surface area contributed by atoms with Crippen LogP contribution in [0.5, 0.6) is 0 Å². The molecule has 8 heteroatoms. The Morgan fingerprint density at radius 3 is 1.71 bits per heavy atom. The predicted octanol–water partition coefficient (Wildman–Crippen LogP) is -0.492. The van der Waals surface area contributed by atoms with Gasteiger partial charge in [0.25, 0.3) is 0 Å². The van der Waals surface area contributed by atoms with E-state index in [-0.39, 0.29) is 0 Å². The van der Waals surface area contributed by atoms with Crippen LogP contribution in [-0.2, 0) is 14.6 Å². The minimum Gasteiger partial charge on any atom is -0.726 e. The second-order valence-electron chi connectivity index (χ2n) is 2.63. The van der Waals surface area contributed by atoms with Crippen molar-refractivity contribution in [1.82, 2.24) is 4.90 Å². The van der Waals surface area contributed by atoms with Gasteiger partial charge in [0.05, 0.1) is 35.3 Å². The van der Waals surface area contributed by atoms with Crippen LogP contribution in [0.15, 0.2) is 0 Å². The molecule has 0 saturated carbocycles. The van der Waals surface area contributed by atoms with Crippen molar-refractivity contribution in [3.05, 3.63) is 0 Å². The van der Waals surface area contributed by atoms with Gasteiger partial charge in [0.2, 0.25) is 10.4 Å². The lowest BCUT2D eigenvalue weighted by Gasteiger charge is -2.02. The maximum Gasteiger partial charge on any atom is 0.344 e. The molecule has 0 aliphatic rings. The molecule has 0 radical (unpaired) electrons. The van der Waals surface area contributed by atoms with Gasteiger partial charge in [-0.25, -0.2) is 8.42 Å². The van der Waals surface area contributed by atoms with E-state index in [1.54, 1.807) is 0 Å². The summed E-state index contributed by atoms with van der Waals surface area (Å²) in [6.07, 6.45) is 0. The Kier molecular flexibility index (Phi) is 8.03. The van der Waals surface area contributed by atoms with Crippen LogP contribution >= 0.6 is 11.6 Å². The number of hydrogen-bond acceptors (Lipinski definition) is 4. The molecule has 0 rings (SSSR count). The highest BCUT2D eigenvalue weighted by atomic mass is 35.5. The van der Waals surface area contributed by atoms with Gasteiger partial charge in [0.15, 0.2) is 0 Å². The average molecular weight is 247 g/mol. The Morgan fingerprint density at radius 1 is 1.43 bits per heavy atom. The molecule has 0 aromatic rings. The Hall–Kier alpha value is -0.370. The fourth-order valence-electron chi connectivity index (χ4n) is 0.400. The van der Waals surface area contributed by atoms with Crippen molar-refractivity contribution in [1.29, 1.82) is 0 Å². The number of nitrogens with zero attached hydrogens (tertiary/aromatic N) is 2. The summed E-state index contributed by atoms with van der Waals surface area (Å²) in [5.74, 6) is 0. The smallest absolute Gasteiger partial charge is 0.344 e. The minimum atomic E-state index is -4.41. The summed E-state index contributed by atoms with van der Waals surface area (Å²) < 4.78 is 32.9. The largest absolute Gasteiger partial charge is 0.726 e. The molecular formula is C6H15ClN2O4S. The fraction of sp³-hybridized carbons (Fsp3) is 0.833. The SMILES string of the molecule is CN(C)C(Cl)=[N+](C)C.COS(=O)(=O)[O-]. The van der Waals surface area contributed by atoms with E-state index in [1.807, 2.05) is 37.7 Å². The first-order valence-electron chi connectivity index (χ1n) is 3.50. The zero-order chi connectivity index (χ0) is 11.9. The summed E-state index contributed by atoms with van der Waals surface area (Å²) in [5, 5.41) is 0.741. The van der Waals surface area contributed by atoms with Crippen LogP contribution in [0.1, 0.15) is 0 Å². The lowest BCUT2D eigenvalue weighted by atomic mass is 10.9. The Balaban J connectivity index is 0. The monoisotopic (exact) mass is 246 g/mol. The summed E-state index contributed by atoms with van der Waals surface area (Å²) in [7, 11) is 4.02. The highest BCUT2D eigenvalue weighted by Crippen LogP contribution is 1.85. The van der Waals surface area contributed by atoms with Gasteiger partial charge in [-0.1, -0.05) is 0 Å². The third-order valence-electron chi connectivity index (χ3n) is 0.942. The molecule has 0 N–H and O–H groups in total. The second kappa shape index (κ2) is 6.99. The van der Waals surface area contributed by atoms with Gasteiger partial charge >= 0.3 is 5.29 Å². The lowest BCUT2D eigenvalue weighted by molar-refractivity contribution is -0.466. The molecule has 0 amide bonds. The van der Waals surface area contributed by atoms with Crippen molar-refractivity contribution < 1.29 is 21.7 Å². The first-order chi connectivity index (χ1) is 6.11. The summed E-state index contributed by atoms with van der Waals surface area (Å²) >= 11 is 5.72. The van der Waals surface area contributed by atoms with Crippen LogP contribution in [-0.4, -0.2) is 63.0 Å². The van der Waals surface area contributed by atoms with Crippen LogP contribution in [0.25, 0.3) is 0 Å². The minimum absolute atomic E-state index is 0.741. The zero-order valence-electron chi connectivity index (χ0n) is 8.81. The molecule has 6 nitrogen and oxygen atoms in total. The Labute approximate surface area is 89.7 Å². The summed E-state index contributed by atoms with van der Waals surface area (Å²) in [5.41, 5.74) is 0. The maximum absolute atomic E-state index is 9.22. The number of hydrogen-bond donors (Lipinski definition) is 0. The van der Waals surface area contributed by atoms with E-state index in [1.165, 1.54) is 0 Å². The van der Waals surface area contributed by atoms with Crippen LogP contribution < -0.4 is 0 Å². The van der Waals surface area contributed by atoms with Gasteiger partial charge in [-0.2, -0.15) is 0 Å². The molecule has 0 bridgehead atoms. The van der Waals surface area contributed by atoms with Gasteiger partial charge in [0.1, 0.15) is 0 Å². The van der Waals surface area contributed by atoms with Gasteiger partial charge in [-0.3, -0.25) is 13.7 Å². The number of halogens is 1. The second-order valence-corrected chi connectivity index (χ2v) is 4.12. The van der Waals surface area contributed by atoms with Crippen LogP contribution in [0.3, 0.4) is 0 Å². The van der Waals surface area contributed by atoms with E-state index in [9.17, 15) is 13.0 Å². The highest BCUT2D eigenvalue weighted by Gasteiger charge is 2.03. The molecule has 0 heterocycles. The quantitative estimate of drug-likeness (QED) is 0.156. The maximum atomic E-state index is 9.22. The Bertz CT molecular complexity index is 282. The normalized spacial score (nSPS) is 9.93. The molecular weight excluding hydrogens is 232 g/mol. The fourth-order valence-corrected chi connectivity index (χ4v) is 0.400. The van der Waals surface area contributed by atoms with Crippen molar-refractivity contribution in [2.45, 2.75) is 0 Å². The van der Waals surface area contributed by atoms with Crippen molar-refractivity contribution in [3.63, 3.8) is 0 Å². The zero-order valence-corrected chi connectivity index (χ0v) is 10.4. The van der Waals surface area contributed by atoms with Gasteiger partial charge < -0.3 is 4.55 Å². The van der Waals surface area contributed by atoms with E-state index in [0.717, 1.165) is 12.4 Å². The van der Waals surface area contributed by atoms with E-state index >= 15 is 0 Å². The molecule has 0 aliphatic heterocycles. The molecule has 0 unspecified atom stereocenters. The molecule has 0 saturated heterocycles. The molecule has 0 fully saturated rings. The average Bonchev–Trinajstić information content (AvgIpc) is 2.02. The van der Waals surface area contributed by atoms with E-state index in [2.05, 4.69) is 4.18 Å². The molecule has 0 aliphatic carbocycles. The third kappa shape index (κ3) is 11.6. The van der Waals surface area contributed by atoms with Crippen molar-refractivity contribution in [3.8, 4) is 0 Å². The van der Waals surface area contributed by atoms with Gasteiger partial charge in [-0.15, -0.1) is 0 Å². The number of rotatable bonds is 1. The van der Waals surface area contributed by atoms with Crippen molar-refractivity contribution in [2.75, 3.05) is 35.3 Å². The van der Waals surface area contributed by atoms with Crippen molar-refractivity contribution >= 4 is 27.3 Å². The molecule has 0 atom stereocenters. The van der Waals surface area contributed by atoms with E-state index in [0.29, 0.717) is 0 Å².